The number of aromatic hydroxyl groups is 1. The van der Waals surface area contributed by atoms with Crippen LogP contribution in [0.5, 0.6) is 5.75 Å². The molecule has 2 aromatic rings. The van der Waals surface area contributed by atoms with Gasteiger partial charge in [0.05, 0.1) is 11.1 Å². The molecule has 106 valence electrons. The van der Waals surface area contributed by atoms with Gasteiger partial charge in [-0.3, -0.25) is 0 Å². The fourth-order valence-electron chi connectivity index (χ4n) is 2.45. The van der Waals surface area contributed by atoms with Crippen molar-refractivity contribution < 1.29 is 5.11 Å². The number of benzene rings is 2. The van der Waals surface area contributed by atoms with Crippen LogP contribution in [0.1, 0.15) is 46.6 Å². The molecule has 0 unspecified atom stereocenters. The van der Waals surface area contributed by atoms with Gasteiger partial charge in [0.1, 0.15) is 17.9 Å². The predicted octanol–water partition coefficient (Wildman–Crippen LogP) is 4.18. The van der Waals surface area contributed by atoms with E-state index >= 15 is 0 Å². The second-order valence-electron chi connectivity index (χ2n) is 5.45. The van der Waals surface area contributed by atoms with E-state index in [0.717, 1.165) is 29.5 Å². The molecule has 1 saturated carbocycles. The summed E-state index contributed by atoms with van der Waals surface area (Å²) in [4.78, 5) is 0. The van der Waals surface area contributed by atoms with Crippen molar-refractivity contribution >= 4 is 12.2 Å². The van der Waals surface area contributed by atoms with Crippen LogP contribution in [-0.4, -0.2) is 5.11 Å². The van der Waals surface area contributed by atoms with Gasteiger partial charge in [-0.15, -0.1) is 0 Å². The average Bonchev–Trinajstić information content (AvgIpc) is 3.37. The van der Waals surface area contributed by atoms with Gasteiger partial charge < -0.3 is 5.11 Å². The summed E-state index contributed by atoms with van der Waals surface area (Å²) < 4.78 is 0. The second kappa shape index (κ2) is 5.76. The van der Waals surface area contributed by atoms with Gasteiger partial charge in [0.2, 0.25) is 0 Å². The molecule has 22 heavy (non-hydrogen) atoms. The van der Waals surface area contributed by atoms with Crippen molar-refractivity contribution in [1.82, 2.24) is 0 Å². The fourth-order valence-corrected chi connectivity index (χ4v) is 2.45. The Bertz CT molecular complexity index is 833. The van der Waals surface area contributed by atoms with E-state index in [1.165, 1.54) is 0 Å². The summed E-state index contributed by atoms with van der Waals surface area (Å²) in [5, 5.41) is 28.0. The van der Waals surface area contributed by atoms with E-state index in [0.29, 0.717) is 22.8 Å². The molecular formula is C19H14N2O. The van der Waals surface area contributed by atoms with Crippen LogP contribution in [0.15, 0.2) is 36.4 Å². The third-order valence-electron chi connectivity index (χ3n) is 3.82. The number of nitrogens with zero attached hydrogens (tertiary/aromatic N) is 2. The Kier molecular flexibility index (Phi) is 3.64. The highest BCUT2D eigenvalue weighted by Crippen LogP contribution is 2.44. The molecule has 0 atom stereocenters. The van der Waals surface area contributed by atoms with Gasteiger partial charge in [-0.1, -0.05) is 30.4 Å². The molecule has 0 aliphatic heterocycles. The number of hydrogen-bond acceptors (Lipinski definition) is 3. The molecule has 0 saturated heterocycles. The van der Waals surface area contributed by atoms with Crippen molar-refractivity contribution in [2.75, 3.05) is 0 Å². The molecule has 0 bridgehead atoms. The van der Waals surface area contributed by atoms with Gasteiger partial charge in [-0.2, -0.15) is 10.5 Å². The zero-order valence-electron chi connectivity index (χ0n) is 12.0. The maximum atomic E-state index is 10.0. The van der Waals surface area contributed by atoms with Crippen LogP contribution in [0.2, 0.25) is 0 Å². The average molecular weight is 286 g/mol. The molecule has 1 fully saturated rings. The summed E-state index contributed by atoms with van der Waals surface area (Å²) in [6.07, 6.45) is 6.07. The molecule has 3 nitrogen and oxygen atoms in total. The number of phenolic OH excluding ortho intramolecular Hbond substituents is 1. The van der Waals surface area contributed by atoms with Crippen LogP contribution in [0.25, 0.3) is 12.2 Å². The topological polar surface area (TPSA) is 67.8 Å². The molecule has 1 aliphatic carbocycles. The van der Waals surface area contributed by atoms with Crippen LogP contribution in [0.4, 0.5) is 0 Å². The molecule has 0 spiro atoms. The van der Waals surface area contributed by atoms with E-state index in [-0.39, 0.29) is 0 Å². The summed E-state index contributed by atoms with van der Waals surface area (Å²) >= 11 is 0. The highest BCUT2D eigenvalue weighted by molar-refractivity contribution is 5.71. The molecule has 1 aliphatic rings. The first kappa shape index (κ1) is 13.9. The van der Waals surface area contributed by atoms with Crippen molar-refractivity contribution in [2.45, 2.75) is 18.8 Å². The Labute approximate surface area is 129 Å². The molecule has 0 radical (unpaired) electrons. The van der Waals surface area contributed by atoms with E-state index in [1.807, 2.05) is 36.4 Å². The van der Waals surface area contributed by atoms with Crippen LogP contribution in [0.3, 0.4) is 0 Å². The maximum absolute atomic E-state index is 10.0. The number of nitriles is 2. The zero-order valence-corrected chi connectivity index (χ0v) is 12.0. The summed E-state index contributed by atoms with van der Waals surface area (Å²) in [6.45, 7) is 0. The molecule has 0 aromatic heterocycles. The molecule has 3 heteroatoms. The van der Waals surface area contributed by atoms with Crippen molar-refractivity contribution in [3.8, 4) is 17.9 Å². The Morgan fingerprint density at radius 1 is 0.909 bits per heavy atom. The smallest absolute Gasteiger partial charge is 0.119 e. The lowest BCUT2D eigenvalue weighted by molar-refractivity contribution is 0.468. The highest BCUT2D eigenvalue weighted by atomic mass is 16.3. The van der Waals surface area contributed by atoms with Crippen molar-refractivity contribution in [2.24, 2.45) is 0 Å². The summed E-state index contributed by atoms with van der Waals surface area (Å²) in [5.41, 5.74) is 3.54. The van der Waals surface area contributed by atoms with E-state index in [2.05, 4.69) is 0 Å². The highest BCUT2D eigenvalue weighted by Gasteiger charge is 2.25. The van der Waals surface area contributed by atoms with Crippen LogP contribution >= 0.6 is 0 Å². The maximum Gasteiger partial charge on any atom is 0.119 e. The Hall–Kier alpha value is -3.04. The number of hydrogen-bond donors (Lipinski definition) is 1. The fraction of sp³-hybridized carbons (Fsp3) is 0.158. The summed E-state index contributed by atoms with van der Waals surface area (Å²) in [7, 11) is 0. The minimum absolute atomic E-state index is 0.349. The van der Waals surface area contributed by atoms with Crippen LogP contribution in [-0.2, 0) is 0 Å². The summed E-state index contributed by atoms with van der Waals surface area (Å²) in [6, 6.07) is 14.9. The first-order valence-electron chi connectivity index (χ1n) is 7.16. The third-order valence-corrected chi connectivity index (χ3v) is 3.82. The Morgan fingerprint density at radius 3 is 2.14 bits per heavy atom. The quantitative estimate of drug-likeness (QED) is 0.860. The monoisotopic (exact) mass is 286 g/mol. The standard InChI is InChI=1S/C19H14N2O/c20-11-16-5-3-13(9-17(16)12-21)1-2-14-4-8-18(15-6-7-15)19(22)10-14/h1-5,8-10,15,22H,6-7H2/b2-1+. The van der Waals surface area contributed by atoms with Gasteiger partial charge in [-0.25, -0.2) is 0 Å². The van der Waals surface area contributed by atoms with Gasteiger partial charge >= 0.3 is 0 Å². The number of phenols is 1. The van der Waals surface area contributed by atoms with Gasteiger partial charge in [-0.05, 0) is 53.6 Å². The van der Waals surface area contributed by atoms with Gasteiger partial charge in [0, 0.05) is 0 Å². The van der Waals surface area contributed by atoms with Crippen LogP contribution < -0.4 is 0 Å². The van der Waals surface area contributed by atoms with Crippen molar-refractivity contribution in [3.63, 3.8) is 0 Å². The Balaban J connectivity index is 1.84. The van der Waals surface area contributed by atoms with Gasteiger partial charge in [0.15, 0.2) is 0 Å². The van der Waals surface area contributed by atoms with E-state index < -0.39 is 0 Å². The molecule has 2 aromatic carbocycles. The zero-order chi connectivity index (χ0) is 15.5. The molecule has 0 heterocycles. The lowest BCUT2D eigenvalue weighted by Gasteiger charge is -2.03. The van der Waals surface area contributed by atoms with Crippen LogP contribution in [0, 0.1) is 22.7 Å². The molecule has 1 N–H and O–H groups in total. The number of rotatable bonds is 3. The molecule has 3 rings (SSSR count). The first-order chi connectivity index (χ1) is 10.7. The minimum atomic E-state index is 0.349. The van der Waals surface area contributed by atoms with E-state index in [4.69, 9.17) is 10.5 Å². The van der Waals surface area contributed by atoms with Crippen molar-refractivity contribution in [3.05, 3.63) is 64.2 Å². The lowest BCUT2D eigenvalue weighted by atomic mass is 10.0. The SMILES string of the molecule is N#Cc1ccc(/C=C/c2ccc(C3CC3)c(O)c2)cc1C#N. The first-order valence-corrected chi connectivity index (χ1v) is 7.16. The van der Waals surface area contributed by atoms with E-state index in [1.54, 1.807) is 24.3 Å². The summed E-state index contributed by atoms with van der Waals surface area (Å²) in [5.74, 6) is 0.872. The Morgan fingerprint density at radius 2 is 1.55 bits per heavy atom. The molecular weight excluding hydrogens is 272 g/mol. The third kappa shape index (κ3) is 2.85. The lowest BCUT2D eigenvalue weighted by Crippen LogP contribution is -1.85. The predicted molar refractivity (Wildman–Crippen MR) is 84.9 cm³/mol. The van der Waals surface area contributed by atoms with Gasteiger partial charge in [0.25, 0.3) is 0 Å². The largest absolute Gasteiger partial charge is 0.508 e. The van der Waals surface area contributed by atoms with Crippen molar-refractivity contribution in [1.29, 1.82) is 10.5 Å². The molecule has 0 amide bonds. The minimum Gasteiger partial charge on any atom is -0.508 e. The second-order valence-corrected chi connectivity index (χ2v) is 5.45. The normalized spacial score (nSPS) is 13.7. The van der Waals surface area contributed by atoms with E-state index in [9.17, 15) is 5.11 Å².